The van der Waals surface area contributed by atoms with Crippen LogP contribution in [0, 0.1) is 0 Å². The van der Waals surface area contributed by atoms with E-state index in [0.29, 0.717) is 42.1 Å². The highest BCUT2D eigenvalue weighted by molar-refractivity contribution is 7.91. The van der Waals surface area contributed by atoms with Crippen LogP contribution in [0.5, 0.6) is 0 Å². The monoisotopic (exact) mass is 455 g/mol. The number of amides is 1. The second-order valence-electron chi connectivity index (χ2n) is 7.63. The Labute approximate surface area is 183 Å². The van der Waals surface area contributed by atoms with Gasteiger partial charge in [0.1, 0.15) is 6.04 Å². The molecule has 13 heteroatoms. The predicted octanol–water partition coefficient (Wildman–Crippen LogP) is -0.419. The Bertz CT molecular complexity index is 1460. The highest BCUT2D eigenvalue weighted by atomic mass is 32.2. The van der Waals surface area contributed by atoms with Crippen LogP contribution in [0.2, 0.25) is 0 Å². The molecule has 1 aliphatic heterocycles. The summed E-state index contributed by atoms with van der Waals surface area (Å²) in [5.74, 6) is 0.438. The van der Waals surface area contributed by atoms with E-state index in [2.05, 4.69) is 36.1 Å². The molecule has 4 aromatic rings. The number of nitrogens with zero attached hydrogens (tertiary/aromatic N) is 6. The molecule has 0 aliphatic carbocycles. The van der Waals surface area contributed by atoms with Gasteiger partial charge < -0.3 is 16.0 Å². The number of hydrogen-bond acceptors (Lipinski definition) is 9. The minimum Gasteiger partial charge on any atom is -0.353 e. The predicted molar refractivity (Wildman–Crippen MR) is 117 cm³/mol. The average molecular weight is 456 g/mol. The van der Waals surface area contributed by atoms with Crippen molar-refractivity contribution in [2.45, 2.75) is 10.9 Å². The summed E-state index contributed by atoms with van der Waals surface area (Å²) in [6, 6.07) is 4.28. The molecule has 0 radical (unpaired) electrons. The Morgan fingerprint density at radius 1 is 1.22 bits per heavy atom. The first-order valence-corrected chi connectivity index (χ1v) is 11.8. The van der Waals surface area contributed by atoms with Gasteiger partial charge in [-0.3, -0.25) is 9.48 Å². The van der Waals surface area contributed by atoms with E-state index < -0.39 is 15.9 Å². The minimum absolute atomic E-state index is 0.0786. The van der Waals surface area contributed by atoms with Crippen LogP contribution in [0.4, 0.5) is 5.95 Å². The van der Waals surface area contributed by atoms with Crippen LogP contribution in [0.15, 0.2) is 35.5 Å². The molecule has 3 aromatic heterocycles. The van der Waals surface area contributed by atoms with Crippen LogP contribution < -0.4 is 16.0 Å². The largest absolute Gasteiger partial charge is 0.353 e. The summed E-state index contributed by atoms with van der Waals surface area (Å²) < 4.78 is 28.0. The smallest absolute Gasteiger partial charge is 0.243 e. The van der Waals surface area contributed by atoms with Gasteiger partial charge >= 0.3 is 0 Å². The average Bonchev–Trinajstić information content (AvgIpc) is 3.33. The SMILES string of the molecule is Cn1cc(-c2nc3c4cccc(S(C)(=O)=O)c4nc(N[C@@H]4CNCCNC4=O)n3n2)cn1. The quantitative estimate of drug-likeness (QED) is 0.373. The Balaban J connectivity index is 1.75. The van der Waals surface area contributed by atoms with E-state index in [1.165, 1.54) is 10.6 Å². The Kier molecular flexibility index (Phi) is 4.78. The molecule has 3 N–H and O–H groups in total. The summed E-state index contributed by atoms with van der Waals surface area (Å²) in [7, 11) is -1.77. The van der Waals surface area contributed by atoms with Crippen LogP contribution >= 0.6 is 0 Å². The van der Waals surface area contributed by atoms with Crippen molar-refractivity contribution >= 4 is 38.2 Å². The molecule has 1 atom stereocenters. The molecule has 4 heterocycles. The number of aromatic nitrogens is 6. The third-order valence-corrected chi connectivity index (χ3v) is 6.33. The standard InChI is InChI=1S/C19H21N9O3S/c1-27-10-11(8-22-27)16-25-17-12-4-3-5-14(32(2,30)31)15(12)24-19(28(17)26-16)23-13-9-20-6-7-21-18(13)29/h3-5,8,10,13,20H,6-7,9H2,1-2H3,(H,21,29)(H,23,24)/t13-/m1/s1. The topological polar surface area (TPSA) is 148 Å². The van der Waals surface area contributed by atoms with Gasteiger partial charge in [-0.25, -0.2) is 18.4 Å². The fraction of sp³-hybridized carbons (Fsp3) is 0.316. The number of carbonyl (C=O) groups is 1. The maximum atomic E-state index is 12.5. The van der Waals surface area contributed by atoms with E-state index >= 15 is 0 Å². The van der Waals surface area contributed by atoms with Crippen molar-refractivity contribution in [1.29, 1.82) is 0 Å². The molecule has 1 fully saturated rings. The number of carbonyl (C=O) groups excluding carboxylic acids is 1. The molecule has 12 nitrogen and oxygen atoms in total. The fourth-order valence-electron chi connectivity index (χ4n) is 3.67. The van der Waals surface area contributed by atoms with Gasteiger partial charge in [0, 0.05) is 44.5 Å². The van der Waals surface area contributed by atoms with Gasteiger partial charge in [0.25, 0.3) is 0 Å². The van der Waals surface area contributed by atoms with Gasteiger partial charge in [0.15, 0.2) is 21.3 Å². The second kappa shape index (κ2) is 7.53. The van der Waals surface area contributed by atoms with Gasteiger partial charge in [-0.2, -0.15) is 9.61 Å². The Morgan fingerprint density at radius 3 is 2.81 bits per heavy atom. The number of aryl methyl sites for hydroxylation is 1. The zero-order chi connectivity index (χ0) is 22.5. The number of rotatable bonds is 4. The fourth-order valence-corrected chi connectivity index (χ4v) is 4.50. The molecule has 0 spiro atoms. The summed E-state index contributed by atoms with van der Waals surface area (Å²) in [6.45, 7) is 1.55. The number of benzene rings is 1. The van der Waals surface area contributed by atoms with Crippen molar-refractivity contribution in [3.05, 3.63) is 30.6 Å². The maximum Gasteiger partial charge on any atom is 0.243 e. The molecule has 1 saturated heterocycles. The first-order valence-electron chi connectivity index (χ1n) is 9.95. The number of anilines is 1. The normalized spacial score (nSPS) is 17.4. The molecule has 32 heavy (non-hydrogen) atoms. The minimum atomic E-state index is -3.56. The molecule has 1 aromatic carbocycles. The lowest BCUT2D eigenvalue weighted by Crippen LogP contribution is -2.42. The van der Waals surface area contributed by atoms with Crippen molar-refractivity contribution in [2.75, 3.05) is 31.2 Å². The van der Waals surface area contributed by atoms with Crippen LogP contribution in [-0.4, -0.2) is 75.6 Å². The molecular weight excluding hydrogens is 434 g/mol. The lowest BCUT2D eigenvalue weighted by molar-refractivity contribution is -0.121. The molecule has 1 aliphatic rings. The lowest BCUT2D eigenvalue weighted by Gasteiger charge is -2.17. The number of nitrogens with one attached hydrogen (secondary N) is 3. The zero-order valence-electron chi connectivity index (χ0n) is 17.4. The zero-order valence-corrected chi connectivity index (χ0v) is 18.2. The molecule has 0 unspecified atom stereocenters. The van der Waals surface area contributed by atoms with Crippen LogP contribution in [-0.2, 0) is 21.7 Å². The van der Waals surface area contributed by atoms with Crippen molar-refractivity contribution in [1.82, 2.24) is 40.0 Å². The molecular formula is C19H21N9O3S. The second-order valence-corrected chi connectivity index (χ2v) is 9.61. The first kappa shape index (κ1) is 20.3. The van der Waals surface area contributed by atoms with E-state index in [-0.39, 0.29) is 22.3 Å². The van der Waals surface area contributed by atoms with Crippen molar-refractivity contribution in [3.63, 3.8) is 0 Å². The van der Waals surface area contributed by atoms with E-state index in [1.54, 1.807) is 36.3 Å². The summed E-state index contributed by atoms with van der Waals surface area (Å²) in [5, 5.41) is 18.4. The van der Waals surface area contributed by atoms with Gasteiger partial charge in [-0.1, -0.05) is 6.07 Å². The van der Waals surface area contributed by atoms with Gasteiger partial charge in [0.05, 0.1) is 22.2 Å². The summed E-state index contributed by atoms with van der Waals surface area (Å²) >= 11 is 0. The Hall–Kier alpha value is -3.58. The van der Waals surface area contributed by atoms with Crippen LogP contribution in [0.3, 0.4) is 0 Å². The summed E-state index contributed by atoms with van der Waals surface area (Å²) in [6.07, 6.45) is 4.55. The van der Waals surface area contributed by atoms with E-state index in [9.17, 15) is 13.2 Å². The number of para-hydroxylation sites is 1. The Morgan fingerprint density at radius 2 is 2.06 bits per heavy atom. The van der Waals surface area contributed by atoms with E-state index in [1.807, 2.05) is 0 Å². The maximum absolute atomic E-state index is 12.5. The van der Waals surface area contributed by atoms with Crippen molar-refractivity contribution in [2.24, 2.45) is 7.05 Å². The molecule has 0 bridgehead atoms. The van der Waals surface area contributed by atoms with Crippen LogP contribution in [0.25, 0.3) is 27.9 Å². The van der Waals surface area contributed by atoms with Gasteiger partial charge in [0.2, 0.25) is 11.9 Å². The summed E-state index contributed by atoms with van der Waals surface area (Å²) in [5.41, 5.74) is 1.38. The highest BCUT2D eigenvalue weighted by Gasteiger charge is 2.25. The number of fused-ring (bicyclic) bond motifs is 3. The highest BCUT2D eigenvalue weighted by Crippen LogP contribution is 2.28. The van der Waals surface area contributed by atoms with Crippen molar-refractivity contribution < 1.29 is 13.2 Å². The molecule has 5 rings (SSSR count). The number of hydrogen-bond donors (Lipinski definition) is 3. The third-order valence-electron chi connectivity index (χ3n) is 5.20. The lowest BCUT2D eigenvalue weighted by atomic mass is 10.2. The van der Waals surface area contributed by atoms with Gasteiger partial charge in [-0.15, -0.1) is 5.10 Å². The first-order chi connectivity index (χ1) is 15.3. The van der Waals surface area contributed by atoms with Gasteiger partial charge in [-0.05, 0) is 12.1 Å². The third kappa shape index (κ3) is 3.54. The van der Waals surface area contributed by atoms with E-state index in [0.717, 1.165) is 6.26 Å². The number of sulfone groups is 1. The molecule has 166 valence electrons. The molecule has 0 saturated carbocycles. The van der Waals surface area contributed by atoms with Crippen molar-refractivity contribution in [3.8, 4) is 11.4 Å². The van der Waals surface area contributed by atoms with Crippen LogP contribution in [0.1, 0.15) is 0 Å². The summed E-state index contributed by atoms with van der Waals surface area (Å²) in [4.78, 5) is 21.8. The van der Waals surface area contributed by atoms with E-state index in [4.69, 9.17) is 0 Å². The molecule has 1 amide bonds.